The zero-order chi connectivity index (χ0) is 17.6. The van der Waals surface area contributed by atoms with Crippen molar-refractivity contribution in [3.63, 3.8) is 0 Å². The zero-order valence-electron chi connectivity index (χ0n) is 13.8. The van der Waals surface area contributed by atoms with Gasteiger partial charge in [-0.1, -0.05) is 0 Å². The van der Waals surface area contributed by atoms with Gasteiger partial charge in [0.25, 0.3) is 5.91 Å². The van der Waals surface area contributed by atoms with Gasteiger partial charge in [0, 0.05) is 30.7 Å². The van der Waals surface area contributed by atoms with Crippen LogP contribution in [0.4, 0.5) is 5.69 Å². The molecule has 1 aliphatic rings. The lowest BCUT2D eigenvalue weighted by atomic mass is 10.2. The highest BCUT2D eigenvalue weighted by Crippen LogP contribution is 2.32. The van der Waals surface area contributed by atoms with Crippen LogP contribution in [-0.2, 0) is 4.79 Å². The molecule has 0 spiro atoms. The monoisotopic (exact) mass is 342 g/mol. The molecule has 0 saturated heterocycles. The van der Waals surface area contributed by atoms with E-state index in [9.17, 15) is 9.59 Å². The first-order valence-corrected chi connectivity index (χ1v) is 7.92. The highest BCUT2D eigenvalue weighted by molar-refractivity contribution is 5.98. The summed E-state index contributed by atoms with van der Waals surface area (Å²) in [5.74, 6) is 0.591. The van der Waals surface area contributed by atoms with Gasteiger partial charge in [0.15, 0.2) is 11.5 Å². The molecule has 0 atom stereocenters. The van der Waals surface area contributed by atoms with Crippen LogP contribution >= 0.6 is 0 Å². The van der Waals surface area contributed by atoms with Crippen LogP contribution < -0.4 is 14.8 Å². The minimum Gasteiger partial charge on any atom is -0.486 e. The third-order valence-corrected chi connectivity index (χ3v) is 3.61. The van der Waals surface area contributed by atoms with Crippen LogP contribution in [0.1, 0.15) is 17.4 Å². The van der Waals surface area contributed by atoms with Crippen molar-refractivity contribution < 1.29 is 19.1 Å². The second-order valence-electron chi connectivity index (χ2n) is 5.32. The van der Waals surface area contributed by atoms with E-state index in [1.807, 2.05) is 0 Å². The zero-order valence-corrected chi connectivity index (χ0v) is 13.8. The Balaban J connectivity index is 1.64. The van der Waals surface area contributed by atoms with Crippen LogP contribution in [0, 0.1) is 0 Å². The summed E-state index contributed by atoms with van der Waals surface area (Å²) in [7, 11) is 0. The van der Waals surface area contributed by atoms with Crippen LogP contribution in [0.15, 0.2) is 36.8 Å². The Labute approximate surface area is 144 Å². The molecule has 0 aliphatic carbocycles. The van der Waals surface area contributed by atoms with Crippen LogP contribution in [0.25, 0.3) is 0 Å². The number of carbonyl (C=O) groups is 2. The minimum atomic E-state index is -0.340. The van der Waals surface area contributed by atoms with Gasteiger partial charge < -0.3 is 19.7 Å². The number of benzene rings is 1. The second kappa shape index (κ2) is 7.61. The third kappa shape index (κ3) is 4.03. The van der Waals surface area contributed by atoms with E-state index in [-0.39, 0.29) is 24.1 Å². The molecule has 1 aliphatic heterocycles. The van der Waals surface area contributed by atoms with E-state index in [2.05, 4.69) is 15.3 Å². The van der Waals surface area contributed by atoms with Crippen LogP contribution in [0.5, 0.6) is 11.5 Å². The molecule has 0 fully saturated rings. The number of nitrogens with zero attached hydrogens (tertiary/aromatic N) is 3. The van der Waals surface area contributed by atoms with Gasteiger partial charge in [-0.05, 0) is 19.1 Å². The maximum atomic E-state index is 12.4. The number of nitrogens with one attached hydrogen (secondary N) is 1. The fourth-order valence-electron chi connectivity index (χ4n) is 2.39. The summed E-state index contributed by atoms with van der Waals surface area (Å²) in [6.45, 7) is 3.07. The van der Waals surface area contributed by atoms with Crippen LogP contribution in [0.2, 0.25) is 0 Å². The predicted octanol–water partition coefficient (Wildman–Crippen LogP) is 1.35. The molecular formula is C17H18N4O4. The van der Waals surface area contributed by atoms with Crippen molar-refractivity contribution in [1.82, 2.24) is 14.9 Å². The number of rotatable bonds is 5. The molecule has 25 heavy (non-hydrogen) atoms. The number of hydrogen-bond donors (Lipinski definition) is 1. The van der Waals surface area contributed by atoms with Gasteiger partial charge in [-0.25, -0.2) is 4.98 Å². The number of aromatic nitrogens is 2. The molecule has 1 N–H and O–H groups in total. The Bertz CT molecular complexity index is 766. The Hall–Kier alpha value is -3.16. The van der Waals surface area contributed by atoms with Gasteiger partial charge >= 0.3 is 0 Å². The van der Waals surface area contributed by atoms with Crippen LogP contribution in [-0.4, -0.2) is 53.0 Å². The summed E-state index contributed by atoms with van der Waals surface area (Å²) in [6, 6.07) is 5.17. The van der Waals surface area contributed by atoms with Crippen molar-refractivity contribution in [3.05, 3.63) is 42.5 Å². The molecule has 0 radical (unpaired) electrons. The SMILES string of the molecule is CCN(CC(=O)Nc1ccc2c(c1)OCCO2)C(=O)c1cnccn1. The first-order valence-electron chi connectivity index (χ1n) is 7.92. The lowest BCUT2D eigenvalue weighted by molar-refractivity contribution is -0.116. The summed E-state index contributed by atoms with van der Waals surface area (Å²) in [4.78, 5) is 33.9. The molecule has 2 aromatic rings. The highest BCUT2D eigenvalue weighted by atomic mass is 16.6. The number of anilines is 1. The van der Waals surface area contributed by atoms with Crippen molar-refractivity contribution in [1.29, 1.82) is 0 Å². The molecular weight excluding hydrogens is 324 g/mol. The standard InChI is InChI=1S/C17H18N4O4/c1-2-21(17(23)13-10-18-5-6-19-13)11-16(22)20-12-3-4-14-15(9-12)25-8-7-24-14/h3-6,9-10H,2,7-8,11H2,1H3,(H,20,22). The number of hydrogen-bond acceptors (Lipinski definition) is 6. The van der Waals surface area contributed by atoms with E-state index in [4.69, 9.17) is 9.47 Å². The Morgan fingerprint density at radius 3 is 2.72 bits per heavy atom. The molecule has 0 unspecified atom stereocenters. The largest absolute Gasteiger partial charge is 0.486 e. The maximum Gasteiger partial charge on any atom is 0.274 e. The van der Waals surface area contributed by atoms with Gasteiger partial charge in [-0.3, -0.25) is 14.6 Å². The molecule has 2 amide bonds. The normalized spacial score (nSPS) is 12.4. The van der Waals surface area contributed by atoms with Gasteiger partial charge in [0.2, 0.25) is 5.91 Å². The molecule has 1 aromatic carbocycles. The average Bonchev–Trinajstić information content (AvgIpc) is 2.66. The van der Waals surface area contributed by atoms with Gasteiger partial charge in [0.1, 0.15) is 25.5 Å². The van der Waals surface area contributed by atoms with Crippen molar-refractivity contribution in [2.24, 2.45) is 0 Å². The van der Waals surface area contributed by atoms with E-state index in [0.29, 0.717) is 36.9 Å². The van der Waals surface area contributed by atoms with E-state index < -0.39 is 0 Å². The fourth-order valence-corrected chi connectivity index (χ4v) is 2.39. The smallest absolute Gasteiger partial charge is 0.274 e. The number of fused-ring (bicyclic) bond motifs is 1. The third-order valence-electron chi connectivity index (χ3n) is 3.61. The molecule has 130 valence electrons. The summed E-state index contributed by atoms with van der Waals surface area (Å²) in [6.07, 6.45) is 4.31. The number of likely N-dealkylation sites (N-methyl/N-ethyl adjacent to an activating group) is 1. The number of amides is 2. The Kier molecular flexibility index (Phi) is 5.08. The molecule has 0 saturated carbocycles. The lowest BCUT2D eigenvalue weighted by Crippen LogP contribution is -2.38. The summed E-state index contributed by atoms with van der Waals surface area (Å²) >= 11 is 0. The molecule has 3 rings (SSSR count). The molecule has 2 heterocycles. The molecule has 8 heteroatoms. The predicted molar refractivity (Wildman–Crippen MR) is 89.7 cm³/mol. The Morgan fingerprint density at radius 1 is 1.20 bits per heavy atom. The topological polar surface area (TPSA) is 93.7 Å². The average molecular weight is 342 g/mol. The minimum absolute atomic E-state index is 0.0830. The van der Waals surface area contributed by atoms with Gasteiger partial charge in [0.05, 0.1) is 6.20 Å². The van der Waals surface area contributed by atoms with Crippen molar-refractivity contribution >= 4 is 17.5 Å². The quantitative estimate of drug-likeness (QED) is 0.881. The highest BCUT2D eigenvalue weighted by Gasteiger charge is 2.19. The Morgan fingerprint density at radius 2 is 2.00 bits per heavy atom. The molecule has 1 aromatic heterocycles. The fraction of sp³-hybridized carbons (Fsp3) is 0.294. The van der Waals surface area contributed by atoms with Crippen molar-refractivity contribution in [2.75, 3.05) is 31.6 Å². The maximum absolute atomic E-state index is 12.4. The van der Waals surface area contributed by atoms with Crippen molar-refractivity contribution in [3.8, 4) is 11.5 Å². The lowest BCUT2D eigenvalue weighted by Gasteiger charge is -2.21. The first kappa shape index (κ1) is 16.7. The van der Waals surface area contributed by atoms with Crippen LogP contribution in [0.3, 0.4) is 0 Å². The second-order valence-corrected chi connectivity index (χ2v) is 5.32. The summed E-state index contributed by atoms with van der Waals surface area (Å²) in [5, 5.41) is 2.76. The van der Waals surface area contributed by atoms with Gasteiger partial charge in [-0.15, -0.1) is 0 Å². The van der Waals surface area contributed by atoms with Gasteiger partial charge in [-0.2, -0.15) is 0 Å². The molecule has 8 nitrogen and oxygen atoms in total. The summed E-state index contributed by atoms with van der Waals surface area (Å²) < 4.78 is 10.9. The van der Waals surface area contributed by atoms with E-state index >= 15 is 0 Å². The number of ether oxygens (including phenoxy) is 2. The van der Waals surface area contributed by atoms with E-state index in [1.165, 1.54) is 23.5 Å². The van der Waals surface area contributed by atoms with E-state index in [1.54, 1.807) is 25.1 Å². The molecule has 0 bridgehead atoms. The summed E-state index contributed by atoms with van der Waals surface area (Å²) in [5.41, 5.74) is 0.786. The van der Waals surface area contributed by atoms with E-state index in [0.717, 1.165) is 0 Å². The first-order chi connectivity index (χ1) is 12.2. The number of carbonyl (C=O) groups excluding carboxylic acids is 2. The van der Waals surface area contributed by atoms with Crippen molar-refractivity contribution in [2.45, 2.75) is 6.92 Å².